The Hall–Kier alpha value is -4.00. The number of pyridine rings is 1. The molecule has 5 rings (SSSR count). The molecular weight excluding hydrogens is 504 g/mol. The molecule has 0 saturated carbocycles. The lowest BCUT2D eigenvalue weighted by Crippen LogP contribution is -2.40. The Labute approximate surface area is 205 Å². The number of alkyl halides is 6. The number of esters is 1. The highest BCUT2D eigenvalue weighted by atomic mass is 19.4. The predicted octanol–water partition coefficient (Wildman–Crippen LogP) is 4.94. The lowest BCUT2D eigenvalue weighted by molar-refractivity contribution is -0.189. The van der Waals surface area contributed by atoms with Crippen LogP contribution >= 0.6 is 0 Å². The summed E-state index contributed by atoms with van der Waals surface area (Å²) in [5, 5.41) is 11.3. The zero-order chi connectivity index (χ0) is 26.5. The second kappa shape index (κ2) is 8.83. The molecule has 4 aromatic rings. The summed E-state index contributed by atoms with van der Waals surface area (Å²) in [6, 6.07) is 7.82. The van der Waals surface area contributed by atoms with Crippen molar-refractivity contribution in [2.24, 2.45) is 0 Å². The molecule has 0 unspecified atom stereocenters. The number of aromatic nitrogens is 4. The number of halogens is 6. The van der Waals surface area contributed by atoms with Crippen LogP contribution in [0.5, 0.6) is 5.75 Å². The molecule has 4 heterocycles. The van der Waals surface area contributed by atoms with E-state index in [2.05, 4.69) is 25.2 Å². The number of fused-ring (bicyclic) bond motifs is 1. The van der Waals surface area contributed by atoms with Crippen LogP contribution in [-0.2, 0) is 11.0 Å². The number of imidazole rings is 1. The maximum absolute atomic E-state index is 13.7. The summed E-state index contributed by atoms with van der Waals surface area (Å²) in [6.07, 6.45) is -7.29. The van der Waals surface area contributed by atoms with E-state index in [1.807, 2.05) is 0 Å². The van der Waals surface area contributed by atoms with Gasteiger partial charge in [-0.15, -0.1) is 0 Å². The average molecular weight is 521 g/mol. The smallest absolute Gasteiger partial charge is 0.419 e. The summed E-state index contributed by atoms with van der Waals surface area (Å²) in [4.78, 5) is 15.6. The number of aryl methyl sites for hydroxylation is 1. The largest absolute Gasteiger partial charge is 0.491 e. The van der Waals surface area contributed by atoms with Crippen molar-refractivity contribution in [3.8, 4) is 28.1 Å². The Morgan fingerprint density at radius 3 is 2.35 bits per heavy atom. The van der Waals surface area contributed by atoms with Gasteiger partial charge in [0.25, 0.3) is 0 Å². The molecule has 0 spiro atoms. The number of rotatable bonds is 4. The summed E-state index contributed by atoms with van der Waals surface area (Å²) >= 11 is 0. The van der Waals surface area contributed by atoms with Gasteiger partial charge in [0.2, 0.25) is 0 Å². The zero-order valence-electron chi connectivity index (χ0n) is 19.0. The van der Waals surface area contributed by atoms with Crippen molar-refractivity contribution < 1.29 is 35.9 Å². The molecule has 0 aliphatic carbocycles. The Morgan fingerprint density at radius 2 is 1.76 bits per heavy atom. The Kier molecular flexibility index (Phi) is 5.89. The molecule has 0 bridgehead atoms. The fourth-order valence-electron chi connectivity index (χ4n) is 3.94. The van der Waals surface area contributed by atoms with Gasteiger partial charge in [0.05, 0.1) is 22.6 Å². The van der Waals surface area contributed by atoms with Crippen LogP contribution in [0.4, 0.5) is 26.3 Å². The number of carbonyl (C=O) groups is 1. The minimum atomic E-state index is -5.29. The van der Waals surface area contributed by atoms with Crippen LogP contribution in [0.2, 0.25) is 0 Å². The topological polar surface area (TPSA) is 81.4 Å². The first-order valence-electron chi connectivity index (χ1n) is 10.9. The van der Waals surface area contributed by atoms with Gasteiger partial charge in [-0.05, 0) is 48.4 Å². The van der Waals surface area contributed by atoms with Gasteiger partial charge in [0.1, 0.15) is 11.4 Å². The molecule has 37 heavy (non-hydrogen) atoms. The number of nitrogens with one attached hydrogen (secondary N) is 1. The summed E-state index contributed by atoms with van der Waals surface area (Å²) in [6.45, 7) is 2.97. The van der Waals surface area contributed by atoms with E-state index in [-0.39, 0.29) is 33.9 Å². The molecule has 192 valence electrons. The fourth-order valence-corrected chi connectivity index (χ4v) is 3.94. The first-order chi connectivity index (χ1) is 17.4. The second-order valence-electron chi connectivity index (χ2n) is 8.55. The maximum atomic E-state index is 13.7. The summed E-state index contributed by atoms with van der Waals surface area (Å²) in [5.41, 5.74) is -0.0558. The average Bonchev–Trinajstić information content (AvgIpc) is 3.16. The van der Waals surface area contributed by atoms with Crippen LogP contribution in [-0.4, -0.2) is 44.8 Å². The van der Waals surface area contributed by atoms with Gasteiger partial charge in [0, 0.05) is 37.0 Å². The number of benzene rings is 1. The van der Waals surface area contributed by atoms with E-state index in [0.29, 0.717) is 11.4 Å². The van der Waals surface area contributed by atoms with Crippen LogP contribution in [0.25, 0.3) is 28.0 Å². The molecule has 3 aromatic heterocycles. The molecule has 0 radical (unpaired) electrons. The minimum absolute atomic E-state index is 0.0164. The summed E-state index contributed by atoms with van der Waals surface area (Å²) < 4.78 is 86.0. The van der Waals surface area contributed by atoms with Gasteiger partial charge < -0.3 is 14.5 Å². The van der Waals surface area contributed by atoms with Crippen LogP contribution < -0.4 is 10.1 Å². The van der Waals surface area contributed by atoms with Crippen molar-refractivity contribution in [3.05, 3.63) is 65.7 Å². The second-order valence-corrected chi connectivity index (χ2v) is 8.55. The highest BCUT2D eigenvalue weighted by Crippen LogP contribution is 2.38. The normalized spacial score (nSPS) is 14.6. The minimum Gasteiger partial charge on any atom is -0.419 e. The molecule has 0 amide bonds. The number of hydrogen-bond donors (Lipinski definition) is 1. The van der Waals surface area contributed by atoms with E-state index in [9.17, 15) is 31.1 Å². The van der Waals surface area contributed by atoms with E-state index < -0.39 is 29.6 Å². The molecule has 1 aromatic carbocycles. The number of ether oxygens (including phenoxy) is 1. The Morgan fingerprint density at radius 1 is 1.00 bits per heavy atom. The highest BCUT2D eigenvalue weighted by Gasteiger charge is 2.42. The lowest BCUT2D eigenvalue weighted by atomic mass is 9.98. The van der Waals surface area contributed by atoms with Gasteiger partial charge in [-0.1, -0.05) is 6.07 Å². The van der Waals surface area contributed by atoms with E-state index in [1.165, 1.54) is 41.9 Å². The molecule has 1 aliphatic heterocycles. The van der Waals surface area contributed by atoms with Crippen molar-refractivity contribution in [2.75, 3.05) is 13.1 Å². The number of nitrogens with zero attached hydrogens (tertiary/aromatic N) is 4. The van der Waals surface area contributed by atoms with E-state index in [0.717, 1.165) is 25.2 Å². The monoisotopic (exact) mass is 521 g/mol. The summed E-state index contributed by atoms with van der Waals surface area (Å²) in [7, 11) is 0. The quantitative estimate of drug-likeness (QED) is 0.233. The SMILES string of the molecule is Cc1cn2cc(-c3ccc(-c4ccc(C5CNC5)nn4)c(OC(=O)C(F)(F)F)c3)cc(C(F)(F)F)c2n1. The number of hydrogen-bond acceptors (Lipinski definition) is 6. The maximum Gasteiger partial charge on any atom is 0.491 e. The van der Waals surface area contributed by atoms with Crippen LogP contribution in [0.3, 0.4) is 0 Å². The fraction of sp³-hybridized carbons (Fsp3) is 0.250. The zero-order valence-corrected chi connectivity index (χ0v) is 19.0. The summed E-state index contributed by atoms with van der Waals surface area (Å²) in [5.74, 6) is -2.84. The van der Waals surface area contributed by atoms with Gasteiger partial charge in [0.15, 0.2) is 0 Å². The standard InChI is InChI=1S/C24H17F6N5O2/c1-12-10-35-11-14(6-17(21(35)32-12)23(25,26)27)13-2-3-16(20(7-13)37-22(36)24(28,29)30)19-5-4-18(33-34-19)15-8-31-9-15/h2-7,10-11,15,31H,8-9H2,1H3. The molecule has 13 heteroatoms. The molecule has 1 N–H and O–H groups in total. The molecule has 1 saturated heterocycles. The third-order valence-corrected chi connectivity index (χ3v) is 5.89. The third-order valence-electron chi connectivity index (χ3n) is 5.89. The van der Waals surface area contributed by atoms with Crippen molar-refractivity contribution >= 4 is 11.6 Å². The van der Waals surface area contributed by atoms with Gasteiger partial charge in [-0.3, -0.25) is 0 Å². The molecule has 1 fully saturated rings. The van der Waals surface area contributed by atoms with Gasteiger partial charge in [-0.2, -0.15) is 36.5 Å². The lowest BCUT2D eigenvalue weighted by Gasteiger charge is -2.25. The van der Waals surface area contributed by atoms with Gasteiger partial charge in [-0.25, -0.2) is 9.78 Å². The molecule has 7 nitrogen and oxygen atoms in total. The Bertz CT molecular complexity index is 1490. The van der Waals surface area contributed by atoms with Crippen LogP contribution in [0, 0.1) is 6.92 Å². The van der Waals surface area contributed by atoms with Crippen molar-refractivity contribution in [1.82, 2.24) is 24.9 Å². The van der Waals surface area contributed by atoms with E-state index in [4.69, 9.17) is 0 Å². The molecule has 0 atom stereocenters. The molecular formula is C24H17F6N5O2. The van der Waals surface area contributed by atoms with Crippen LogP contribution in [0.1, 0.15) is 22.9 Å². The third kappa shape index (κ3) is 4.86. The van der Waals surface area contributed by atoms with Crippen molar-refractivity contribution in [3.63, 3.8) is 0 Å². The van der Waals surface area contributed by atoms with Crippen molar-refractivity contribution in [2.45, 2.75) is 25.2 Å². The van der Waals surface area contributed by atoms with Crippen LogP contribution in [0.15, 0.2) is 48.8 Å². The van der Waals surface area contributed by atoms with E-state index in [1.54, 1.807) is 6.07 Å². The first kappa shape index (κ1) is 24.7. The highest BCUT2D eigenvalue weighted by molar-refractivity contribution is 5.83. The first-order valence-corrected chi connectivity index (χ1v) is 10.9. The van der Waals surface area contributed by atoms with Gasteiger partial charge >= 0.3 is 18.3 Å². The number of carbonyl (C=O) groups excluding carboxylic acids is 1. The predicted molar refractivity (Wildman–Crippen MR) is 119 cm³/mol. The molecule has 1 aliphatic rings. The Balaban J connectivity index is 1.61. The van der Waals surface area contributed by atoms with E-state index >= 15 is 0 Å². The van der Waals surface area contributed by atoms with Crippen molar-refractivity contribution in [1.29, 1.82) is 0 Å².